The molecule has 0 aliphatic rings. The van der Waals surface area contributed by atoms with Gasteiger partial charge in [-0.3, -0.25) is 4.79 Å². The van der Waals surface area contributed by atoms with Crippen LogP contribution in [0.15, 0.2) is 70.2 Å². The molecule has 2 aromatic carbocycles. The minimum absolute atomic E-state index is 0.00827. The maximum Gasteiger partial charge on any atom is 0.255 e. The number of nitrogens with zero attached hydrogens (tertiary/aromatic N) is 1. The van der Waals surface area contributed by atoms with Crippen molar-refractivity contribution >= 4 is 21.6 Å². The number of rotatable bonds is 6. The number of hydrogen-bond donors (Lipinski definition) is 1. The first-order chi connectivity index (χ1) is 13.3. The van der Waals surface area contributed by atoms with Gasteiger partial charge in [0.2, 0.25) is 10.0 Å². The third-order valence-corrected chi connectivity index (χ3v) is 5.78. The van der Waals surface area contributed by atoms with E-state index < -0.39 is 27.6 Å². The van der Waals surface area contributed by atoms with Crippen LogP contribution in [-0.2, 0) is 16.6 Å². The first-order valence-electron chi connectivity index (χ1n) is 8.12. The predicted molar refractivity (Wildman–Crippen MR) is 98.1 cm³/mol. The molecule has 3 rings (SSSR count). The number of carbonyl (C=O) groups is 1. The molecule has 0 aliphatic heterocycles. The molecule has 0 atom stereocenters. The van der Waals surface area contributed by atoms with Crippen molar-refractivity contribution in [3.8, 4) is 0 Å². The van der Waals surface area contributed by atoms with Gasteiger partial charge in [0, 0.05) is 18.7 Å². The van der Waals surface area contributed by atoms with Gasteiger partial charge in [0.15, 0.2) is 0 Å². The summed E-state index contributed by atoms with van der Waals surface area (Å²) in [6, 6.07) is 11.3. The lowest BCUT2D eigenvalue weighted by Crippen LogP contribution is -2.26. The van der Waals surface area contributed by atoms with Gasteiger partial charge in [-0.1, -0.05) is 0 Å². The molecule has 0 radical (unpaired) electrons. The van der Waals surface area contributed by atoms with Gasteiger partial charge in [-0.15, -0.1) is 0 Å². The molecule has 1 heterocycles. The number of hydrogen-bond acceptors (Lipinski definition) is 4. The molecule has 9 heteroatoms. The molecule has 28 heavy (non-hydrogen) atoms. The Hall–Kier alpha value is -3.04. The summed E-state index contributed by atoms with van der Waals surface area (Å²) in [5.41, 5.74) is -0.0577. The van der Waals surface area contributed by atoms with Gasteiger partial charge in [0.05, 0.1) is 23.4 Å². The van der Waals surface area contributed by atoms with Gasteiger partial charge >= 0.3 is 0 Å². The lowest BCUT2D eigenvalue weighted by molar-refractivity contribution is 0.102. The van der Waals surface area contributed by atoms with Crippen LogP contribution in [0.1, 0.15) is 16.1 Å². The first-order valence-corrected chi connectivity index (χ1v) is 9.56. The quantitative estimate of drug-likeness (QED) is 0.678. The zero-order valence-corrected chi connectivity index (χ0v) is 15.5. The van der Waals surface area contributed by atoms with E-state index in [9.17, 15) is 22.0 Å². The minimum atomic E-state index is -3.79. The SMILES string of the molecule is CN(Cc1ccco1)S(=O)(=O)c1ccc(C(=O)Nc2ccc(F)cc2F)cc1. The van der Waals surface area contributed by atoms with Crippen molar-refractivity contribution in [2.75, 3.05) is 12.4 Å². The lowest BCUT2D eigenvalue weighted by atomic mass is 10.2. The Labute approximate surface area is 160 Å². The zero-order valence-electron chi connectivity index (χ0n) is 14.7. The molecule has 1 aromatic heterocycles. The van der Waals surface area contributed by atoms with E-state index in [1.54, 1.807) is 12.1 Å². The van der Waals surface area contributed by atoms with E-state index in [0.717, 1.165) is 16.4 Å². The van der Waals surface area contributed by atoms with Crippen molar-refractivity contribution in [3.05, 3.63) is 83.8 Å². The standard InChI is InChI=1S/C19H16F2N2O4S/c1-23(12-15-3-2-10-27-15)28(25,26)16-7-4-13(5-8-16)19(24)22-18-9-6-14(20)11-17(18)21/h2-11H,12H2,1H3,(H,22,24). The number of sulfonamides is 1. The van der Waals surface area contributed by atoms with Crippen molar-refractivity contribution in [3.63, 3.8) is 0 Å². The second-order valence-corrected chi connectivity index (χ2v) is 7.99. The highest BCUT2D eigenvalue weighted by Gasteiger charge is 2.22. The van der Waals surface area contributed by atoms with E-state index in [1.165, 1.54) is 37.6 Å². The van der Waals surface area contributed by atoms with Crippen molar-refractivity contribution in [2.24, 2.45) is 0 Å². The largest absolute Gasteiger partial charge is 0.468 e. The second kappa shape index (κ2) is 7.91. The smallest absolute Gasteiger partial charge is 0.255 e. The number of carbonyl (C=O) groups excluding carboxylic acids is 1. The van der Waals surface area contributed by atoms with Crippen molar-refractivity contribution in [1.29, 1.82) is 0 Å². The summed E-state index contributed by atoms with van der Waals surface area (Å²) in [4.78, 5) is 12.2. The number of halogens is 2. The number of nitrogens with one attached hydrogen (secondary N) is 1. The van der Waals surface area contributed by atoms with Crippen molar-refractivity contribution in [2.45, 2.75) is 11.4 Å². The Balaban J connectivity index is 1.74. The van der Waals surface area contributed by atoms with E-state index in [0.29, 0.717) is 11.8 Å². The molecule has 0 unspecified atom stereocenters. The molecule has 3 aromatic rings. The van der Waals surface area contributed by atoms with Crippen LogP contribution < -0.4 is 5.32 Å². The fourth-order valence-electron chi connectivity index (χ4n) is 2.45. The molecule has 0 fully saturated rings. The van der Waals surface area contributed by atoms with Gasteiger partial charge in [0.1, 0.15) is 17.4 Å². The molecular formula is C19H16F2N2O4S. The summed E-state index contributed by atoms with van der Waals surface area (Å²) in [6.45, 7) is 0.0570. The summed E-state index contributed by atoms with van der Waals surface area (Å²) in [6.07, 6.45) is 1.45. The fourth-order valence-corrected chi connectivity index (χ4v) is 3.59. The minimum Gasteiger partial charge on any atom is -0.468 e. The maximum absolute atomic E-state index is 13.6. The number of anilines is 1. The van der Waals surface area contributed by atoms with Crippen LogP contribution in [-0.4, -0.2) is 25.7 Å². The number of benzene rings is 2. The van der Waals surface area contributed by atoms with Gasteiger partial charge in [0.25, 0.3) is 5.91 Å². The Bertz CT molecular complexity index is 1080. The van der Waals surface area contributed by atoms with Crippen LogP contribution >= 0.6 is 0 Å². The van der Waals surface area contributed by atoms with Crippen LogP contribution in [0, 0.1) is 11.6 Å². The molecule has 0 aliphatic carbocycles. The van der Waals surface area contributed by atoms with E-state index in [1.807, 2.05) is 0 Å². The summed E-state index contributed by atoms with van der Waals surface area (Å²) in [5, 5.41) is 2.31. The highest BCUT2D eigenvalue weighted by atomic mass is 32.2. The second-order valence-electron chi connectivity index (χ2n) is 5.94. The molecule has 0 saturated carbocycles. The van der Waals surface area contributed by atoms with E-state index >= 15 is 0 Å². The van der Waals surface area contributed by atoms with Crippen LogP contribution in [0.2, 0.25) is 0 Å². The van der Waals surface area contributed by atoms with Crippen LogP contribution in [0.5, 0.6) is 0 Å². The number of furan rings is 1. The molecule has 6 nitrogen and oxygen atoms in total. The van der Waals surface area contributed by atoms with E-state index in [-0.39, 0.29) is 22.7 Å². The third-order valence-electron chi connectivity index (χ3n) is 3.96. The zero-order chi connectivity index (χ0) is 20.3. The third kappa shape index (κ3) is 4.26. The Morgan fingerprint density at radius 3 is 2.43 bits per heavy atom. The molecule has 146 valence electrons. The summed E-state index contributed by atoms with van der Waals surface area (Å²) < 4.78 is 58.1. The molecule has 0 bridgehead atoms. The Morgan fingerprint density at radius 2 is 1.82 bits per heavy atom. The molecule has 1 amide bonds. The summed E-state index contributed by atoms with van der Waals surface area (Å²) in [5.74, 6) is -1.84. The van der Waals surface area contributed by atoms with E-state index in [2.05, 4.69) is 5.32 Å². The summed E-state index contributed by atoms with van der Waals surface area (Å²) in [7, 11) is -2.38. The van der Waals surface area contributed by atoms with Gasteiger partial charge < -0.3 is 9.73 Å². The molecule has 0 saturated heterocycles. The average Bonchev–Trinajstić information content (AvgIpc) is 3.17. The van der Waals surface area contributed by atoms with Crippen LogP contribution in [0.3, 0.4) is 0 Å². The Kier molecular flexibility index (Phi) is 5.57. The predicted octanol–water partition coefficient (Wildman–Crippen LogP) is 3.63. The summed E-state index contributed by atoms with van der Waals surface area (Å²) >= 11 is 0. The average molecular weight is 406 g/mol. The Morgan fingerprint density at radius 1 is 1.11 bits per heavy atom. The van der Waals surface area contributed by atoms with Gasteiger partial charge in [-0.05, 0) is 48.5 Å². The van der Waals surface area contributed by atoms with Crippen molar-refractivity contribution in [1.82, 2.24) is 4.31 Å². The highest BCUT2D eigenvalue weighted by Crippen LogP contribution is 2.19. The monoisotopic (exact) mass is 406 g/mol. The molecule has 1 N–H and O–H groups in total. The highest BCUT2D eigenvalue weighted by molar-refractivity contribution is 7.89. The van der Waals surface area contributed by atoms with Gasteiger partial charge in [-0.25, -0.2) is 17.2 Å². The van der Waals surface area contributed by atoms with E-state index in [4.69, 9.17) is 4.42 Å². The first kappa shape index (κ1) is 19.7. The van der Waals surface area contributed by atoms with Gasteiger partial charge in [-0.2, -0.15) is 4.31 Å². The number of amides is 1. The maximum atomic E-state index is 13.6. The normalized spacial score (nSPS) is 11.6. The molecular weight excluding hydrogens is 390 g/mol. The lowest BCUT2D eigenvalue weighted by Gasteiger charge is -2.16. The van der Waals surface area contributed by atoms with Crippen molar-refractivity contribution < 1.29 is 26.4 Å². The molecule has 0 spiro atoms. The van der Waals surface area contributed by atoms with Crippen LogP contribution in [0.4, 0.5) is 14.5 Å². The fraction of sp³-hybridized carbons (Fsp3) is 0.105. The topological polar surface area (TPSA) is 79.6 Å². The van der Waals surface area contributed by atoms with Crippen LogP contribution in [0.25, 0.3) is 0 Å².